The Bertz CT molecular complexity index is 127. The van der Waals surface area contributed by atoms with Crippen LogP contribution < -0.4 is 5.32 Å². The molecule has 1 radical (unpaired) electrons. The van der Waals surface area contributed by atoms with Crippen molar-refractivity contribution in [2.24, 2.45) is 0 Å². The van der Waals surface area contributed by atoms with Gasteiger partial charge in [0.25, 0.3) is 0 Å². The average molecular weight is 136 g/mol. The number of rotatable bonds is 0. The van der Waals surface area contributed by atoms with Gasteiger partial charge < -0.3 is 0 Å². The van der Waals surface area contributed by atoms with Gasteiger partial charge in [-0.15, -0.1) is 0 Å². The topological polar surface area (TPSA) is 12.0 Å². The lowest BCUT2D eigenvalue weighted by molar-refractivity contribution is -0.143. The van der Waals surface area contributed by atoms with E-state index in [9.17, 15) is 13.2 Å². The van der Waals surface area contributed by atoms with E-state index in [2.05, 4.69) is 11.4 Å². The van der Waals surface area contributed by atoms with Crippen molar-refractivity contribution in [1.29, 1.82) is 0 Å². The van der Waals surface area contributed by atoms with Crippen molar-refractivity contribution >= 4 is 0 Å². The standard InChI is InChI=1S/C5H5F3N/c6-5(7,8)4-2-1-3-9-4/h1,4,9H,3H2. The summed E-state index contributed by atoms with van der Waals surface area (Å²) in [7, 11) is 0. The Kier molecular flexibility index (Phi) is 1.48. The molecular weight excluding hydrogens is 131 g/mol. The quantitative estimate of drug-likeness (QED) is 0.521. The van der Waals surface area contributed by atoms with Gasteiger partial charge in [0.2, 0.25) is 0 Å². The predicted molar refractivity (Wildman–Crippen MR) is 25.7 cm³/mol. The highest BCUT2D eigenvalue weighted by Gasteiger charge is 2.38. The molecule has 0 bridgehead atoms. The summed E-state index contributed by atoms with van der Waals surface area (Å²) in [6.07, 6.45) is -0.693. The highest BCUT2D eigenvalue weighted by molar-refractivity contribution is 4.98. The fourth-order valence-electron chi connectivity index (χ4n) is 0.623. The molecule has 1 unspecified atom stereocenters. The van der Waals surface area contributed by atoms with Crippen molar-refractivity contribution in [2.45, 2.75) is 12.2 Å². The fraction of sp³-hybridized carbons (Fsp3) is 0.600. The third kappa shape index (κ3) is 1.45. The van der Waals surface area contributed by atoms with Crippen LogP contribution in [0, 0.1) is 6.08 Å². The Hall–Kier alpha value is -0.510. The van der Waals surface area contributed by atoms with Gasteiger partial charge in [0.05, 0.1) is 0 Å². The van der Waals surface area contributed by atoms with Crippen LogP contribution in [0.1, 0.15) is 0 Å². The van der Waals surface area contributed by atoms with Crippen molar-refractivity contribution in [1.82, 2.24) is 5.32 Å². The Labute approximate surface area is 50.6 Å². The van der Waals surface area contributed by atoms with Crippen LogP contribution in [-0.2, 0) is 0 Å². The molecule has 1 rings (SSSR count). The first kappa shape index (κ1) is 6.61. The van der Waals surface area contributed by atoms with Gasteiger partial charge in [0.15, 0.2) is 0 Å². The van der Waals surface area contributed by atoms with Crippen LogP contribution in [0.25, 0.3) is 0 Å². The minimum absolute atomic E-state index is 0.268. The highest BCUT2D eigenvalue weighted by atomic mass is 19.4. The number of hydrogen-bond donors (Lipinski definition) is 1. The Morgan fingerprint density at radius 2 is 2.22 bits per heavy atom. The lowest BCUT2D eigenvalue weighted by Crippen LogP contribution is -2.37. The van der Waals surface area contributed by atoms with E-state index >= 15 is 0 Å². The summed E-state index contributed by atoms with van der Waals surface area (Å²) < 4.78 is 34.8. The maximum Gasteiger partial charge on any atom is 0.407 e. The number of hydrogen-bond acceptors (Lipinski definition) is 1. The number of nitrogens with one attached hydrogen (secondary N) is 1. The summed E-state index contributed by atoms with van der Waals surface area (Å²) in [5, 5.41) is 2.20. The summed E-state index contributed by atoms with van der Waals surface area (Å²) in [6.45, 7) is 0.268. The second-order valence-corrected chi connectivity index (χ2v) is 1.75. The van der Waals surface area contributed by atoms with Crippen LogP contribution in [-0.4, -0.2) is 18.8 Å². The van der Waals surface area contributed by atoms with Crippen LogP contribution in [0.2, 0.25) is 0 Å². The number of halogens is 3. The monoisotopic (exact) mass is 136 g/mol. The average Bonchev–Trinajstić information content (AvgIpc) is 2.08. The minimum atomic E-state index is -4.17. The predicted octanol–water partition coefficient (Wildman–Crippen LogP) is 0.880. The van der Waals surface area contributed by atoms with Crippen LogP contribution >= 0.6 is 0 Å². The second kappa shape index (κ2) is 2.02. The summed E-state index contributed by atoms with van der Waals surface area (Å²) in [4.78, 5) is 0. The first-order valence-electron chi connectivity index (χ1n) is 2.48. The summed E-state index contributed by atoms with van der Waals surface area (Å²) in [5.41, 5.74) is 0. The van der Waals surface area contributed by atoms with Crippen molar-refractivity contribution in [3.63, 3.8) is 0 Å². The summed E-state index contributed by atoms with van der Waals surface area (Å²) >= 11 is 0. The zero-order valence-electron chi connectivity index (χ0n) is 4.50. The first-order valence-corrected chi connectivity index (χ1v) is 2.48. The molecule has 9 heavy (non-hydrogen) atoms. The molecule has 0 fully saturated rings. The van der Waals surface area contributed by atoms with Crippen LogP contribution in [0.5, 0.6) is 0 Å². The minimum Gasteiger partial charge on any atom is -0.299 e. The van der Waals surface area contributed by atoms with E-state index in [-0.39, 0.29) is 6.54 Å². The normalized spacial score (nSPS) is 27.2. The van der Waals surface area contributed by atoms with Gasteiger partial charge in [0, 0.05) is 6.54 Å². The van der Waals surface area contributed by atoms with E-state index in [0.717, 1.165) is 0 Å². The molecule has 4 heteroatoms. The molecule has 1 nitrogen and oxygen atoms in total. The lowest BCUT2D eigenvalue weighted by atomic mass is 10.3. The van der Waals surface area contributed by atoms with Crippen molar-refractivity contribution < 1.29 is 13.2 Å². The Morgan fingerprint density at radius 1 is 1.56 bits per heavy atom. The molecule has 1 atom stereocenters. The highest BCUT2D eigenvalue weighted by Crippen LogP contribution is 2.21. The molecular formula is C5H5F3N. The number of alkyl halides is 3. The van der Waals surface area contributed by atoms with Gasteiger partial charge in [-0.3, -0.25) is 5.32 Å². The Balaban J connectivity index is 2.53. The molecule has 0 aliphatic carbocycles. The molecule has 1 heterocycles. The smallest absolute Gasteiger partial charge is 0.299 e. The van der Waals surface area contributed by atoms with Gasteiger partial charge in [-0.1, -0.05) is 6.08 Å². The van der Waals surface area contributed by atoms with Crippen molar-refractivity contribution in [3.8, 4) is 0 Å². The van der Waals surface area contributed by atoms with E-state index in [1.54, 1.807) is 0 Å². The zero-order valence-corrected chi connectivity index (χ0v) is 4.50. The lowest BCUT2D eigenvalue weighted by Gasteiger charge is -2.11. The molecule has 0 spiro atoms. The summed E-state index contributed by atoms with van der Waals surface area (Å²) in [5.74, 6) is 0. The zero-order chi connectivity index (χ0) is 6.91. The van der Waals surface area contributed by atoms with Gasteiger partial charge in [-0.2, -0.15) is 13.2 Å². The maximum atomic E-state index is 11.6. The van der Waals surface area contributed by atoms with Crippen molar-refractivity contribution in [3.05, 3.63) is 12.2 Å². The molecule has 0 amide bonds. The summed E-state index contributed by atoms with van der Waals surface area (Å²) in [6, 6.07) is -1.54. The van der Waals surface area contributed by atoms with Crippen LogP contribution in [0.4, 0.5) is 13.2 Å². The third-order valence-corrected chi connectivity index (χ3v) is 1.04. The van der Waals surface area contributed by atoms with Gasteiger partial charge >= 0.3 is 6.18 Å². The molecule has 51 valence electrons. The van der Waals surface area contributed by atoms with Gasteiger partial charge in [-0.05, 0) is 6.08 Å². The third-order valence-electron chi connectivity index (χ3n) is 1.04. The molecule has 1 aliphatic rings. The van der Waals surface area contributed by atoms with Gasteiger partial charge in [0.1, 0.15) is 6.04 Å². The molecule has 1 N–H and O–H groups in total. The molecule has 0 aromatic carbocycles. The van der Waals surface area contributed by atoms with E-state index in [1.165, 1.54) is 6.08 Å². The Morgan fingerprint density at radius 3 is 2.44 bits per heavy atom. The van der Waals surface area contributed by atoms with E-state index in [4.69, 9.17) is 0 Å². The van der Waals surface area contributed by atoms with E-state index in [1.807, 2.05) is 0 Å². The van der Waals surface area contributed by atoms with Crippen molar-refractivity contribution in [2.75, 3.05) is 6.54 Å². The van der Waals surface area contributed by atoms with E-state index in [0.29, 0.717) is 0 Å². The fourth-order valence-corrected chi connectivity index (χ4v) is 0.623. The van der Waals surface area contributed by atoms with Crippen LogP contribution in [0.3, 0.4) is 0 Å². The largest absolute Gasteiger partial charge is 0.407 e. The molecule has 0 saturated carbocycles. The SMILES string of the molecule is FC(F)(F)C1[C]=CCN1. The molecule has 0 saturated heterocycles. The molecule has 0 aromatic heterocycles. The van der Waals surface area contributed by atoms with Crippen LogP contribution in [0.15, 0.2) is 6.08 Å². The second-order valence-electron chi connectivity index (χ2n) is 1.75. The molecule has 1 aliphatic heterocycles. The van der Waals surface area contributed by atoms with Gasteiger partial charge in [-0.25, -0.2) is 0 Å². The van der Waals surface area contributed by atoms with E-state index < -0.39 is 12.2 Å². The maximum absolute atomic E-state index is 11.6. The first-order chi connectivity index (χ1) is 4.11. The molecule has 0 aromatic rings.